The molecule has 2 unspecified atom stereocenters. The smallest absolute Gasteiger partial charge is 0.105 e. The van der Waals surface area contributed by atoms with Gasteiger partial charge in [-0.1, -0.05) is 6.92 Å². The first kappa shape index (κ1) is 11.5. The van der Waals surface area contributed by atoms with Gasteiger partial charge in [0.2, 0.25) is 0 Å². The third-order valence-corrected chi connectivity index (χ3v) is 2.84. The fourth-order valence-corrected chi connectivity index (χ4v) is 1.69. The lowest BCUT2D eigenvalue weighted by Crippen LogP contribution is -2.41. The highest BCUT2D eigenvalue weighted by Gasteiger charge is 2.27. The molecule has 2 N–H and O–H groups in total. The SMILES string of the molecule is CCC(N)C(OC1COC1)c1ccncc1. The van der Waals surface area contributed by atoms with Crippen molar-refractivity contribution in [1.82, 2.24) is 4.98 Å². The molecule has 0 spiro atoms. The molecule has 1 aromatic rings. The molecule has 2 heterocycles. The fraction of sp³-hybridized carbons (Fsp3) is 0.583. The number of aromatic nitrogens is 1. The molecule has 0 radical (unpaired) electrons. The average molecular weight is 222 g/mol. The Morgan fingerprint density at radius 2 is 2.19 bits per heavy atom. The molecule has 1 aliphatic heterocycles. The summed E-state index contributed by atoms with van der Waals surface area (Å²) in [6, 6.07) is 3.93. The minimum atomic E-state index is -0.0538. The van der Waals surface area contributed by atoms with E-state index in [2.05, 4.69) is 11.9 Å². The van der Waals surface area contributed by atoms with E-state index in [0.717, 1.165) is 12.0 Å². The fourth-order valence-electron chi connectivity index (χ4n) is 1.69. The molecule has 1 fully saturated rings. The number of hydrogen-bond donors (Lipinski definition) is 1. The molecule has 2 atom stereocenters. The van der Waals surface area contributed by atoms with Gasteiger partial charge >= 0.3 is 0 Å². The molecule has 1 aromatic heterocycles. The summed E-state index contributed by atoms with van der Waals surface area (Å²) in [7, 11) is 0. The highest BCUT2D eigenvalue weighted by Crippen LogP contribution is 2.25. The van der Waals surface area contributed by atoms with Crippen LogP contribution in [0.4, 0.5) is 0 Å². The second-order valence-electron chi connectivity index (χ2n) is 4.07. The summed E-state index contributed by atoms with van der Waals surface area (Å²) in [5.41, 5.74) is 7.18. The van der Waals surface area contributed by atoms with Gasteiger partial charge in [0, 0.05) is 18.4 Å². The third-order valence-electron chi connectivity index (χ3n) is 2.84. The van der Waals surface area contributed by atoms with Crippen molar-refractivity contribution >= 4 is 0 Å². The normalized spacial score (nSPS) is 20.1. The molecule has 0 saturated carbocycles. The average Bonchev–Trinajstić information content (AvgIpc) is 2.28. The summed E-state index contributed by atoms with van der Waals surface area (Å²) in [6.07, 6.45) is 4.56. The monoisotopic (exact) mass is 222 g/mol. The zero-order chi connectivity index (χ0) is 11.4. The Kier molecular flexibility index (Phi) is 3.88. The summed E-state index contributed by atoms with van der Waals surface area (Å²) >= 11 is 0. The molecule has 88 valence electrons. The molecule has 0 amide bonds. The first-order valence-corrected chi connectivity index (χ1v) is 5.70. The van der Waals surface area contributed by atoms with Crippen molar-refractivity contribution in [2.24, 2.45) is 5.73 Å². The minimum Gasteiger partial charge on any atom is -0.376 e. The van der Waals surface area contributed by atoms with Gasteiger partial charge in [-0.3, -0.25) is 4.98 Å². The van der Waals surface area contributed by atoms with Crippen molar-refractivity contribution in [3.63, 3.8) is 0 Å². The van der Waals surface area contributed by atoms with Crippen LogP contribution in [-0.2, 0) is 9.47 Å². The largest absolute Gasteiger partial charge is 0.376 e. The highest BCUT2D eigenvalue weighted by molar-refractivity contribution is 5.15. The Bertz CT molecular complexity index is 314. The van der Waals surface area contributed by atoms with Crippen molar-refractivity contribution in [3.05, 3.63) is 30.1 Å². The van der Waals surface area contributed by atoms with Crippen molar-refractivity contribution in [3.8, 4) is 0 Å². The lowest BCUT2D eigenvalue weighted by Gasteiger charge is -2.33. The Morgan fingerprint density at radius 3 is 2.69 bits per heavy atom. The third kappa shape index (κ3) is 2.58. The van der Waals surface area contributed by atoms with Gasteiger partial charge in [0.05, 0.1) is 19.3 Å². The molecule has 1 saturated heterocycles. The van der Waals surface area contributed by atoms with E-state index in [1.165, 1.54) is 0 Å². The number of hydrogen-bond acceptors (Lipinski definition) is 4. The maximum Gasteiger partial charge on any atom is 0.105 e. The molecule has 2 rings (SSSR count). The van der Waals surface area contributed by atoms with Gasteiger partial charge in [0.1, 0.15) is 6.10 Å². The first-order chi connectivity index (χ1) is 7.81. The molecular formula is C12H18N2O2. The minimum absolute atomic E-state index is 0.0167. The van der Waals surface area contributed by atoms with Gasteiger partial charge in [-0.25, -0.2) is 0 Å². The summed E-state index contributed by atoms with van der Waals surface area (Å²) in [6.45, 7) is 3.43. The van der Waals surface area contributed by atoms with Crippen LogP contribution in [-0.4, -0.2) is 30.3 Å². The Hall–Kier alpha value is -0.970. The summed E-state index contributed by atoms with van der Waals surface area (Å²) < 4.78 is 11.1. The van der Waals surface area contributed by atoms with Crippen LogP contribution >= 0.6 is 0 Å². The molecule has 4 nitrogen and oxygen atoms in total. The van der Waals surface area contributed by atoms with Crippen LogP contribution < -0.4 is 5.73 Å². The van der Waals surface area contributed by atoms with Crippen molar-refractivity contribution in [2.75, 3.05) is 13.2 Å². The van der Waals surface area contributed by atoms with Crippen LogP contribution in [0.5, 0.6) is 0 Å². The molecule has 0 aliphatic carbocycles. The maximum atomic E-state index is 6.09. The topological polar surface area (TPSA) is 57.4 Å². The standard InChI is InChI=1S/C12H18N2O2/c1-2-11(13)12(16-10-7-15-8-10)9-3-5-14-6-4-9/h3-6,10-12H,2,7-8,13H2,1H3. The quantitative estimate of drug-likeness (QED) is 0.815. The van der Waals surface area contributed by atoms with Crippen LogP contribution in [0.1, 0.15) is 25.0 Å². The zero-order valence-electron chi connectivity index (χ0n) is 9.50. The van der Waals surface area contributed by atoms with E-state index in [4.69, 9.17) is 15.2 Å². The van der Waals surface area contributed by atoms with Crippen LogP contribution in [0.15, 0.2) is 24.5 Å². The van der Waals surface area contributed by atoms with Crippen molar-refractivity contribution in [1.29, 1.82) is 0 Å². The van der Waals surface area contributed by atoms with Gasteiger partial charge in [-0.05, 0) is 24.1 Å². The molecular weight excluding hydrogens is 204 g/mol. The molecule has 1 aliphatic rings. The molecule has 0 aromatic carbocycles. The Morgan fingerprint density at radius 1 is 1.50 bits per heavy atom. The molecule has 16 heavy (non-hydrogen) atoms. The molecule has 4 heteroatoms. The summed E-state index contributed by atoms with van der Waals surface area (Å²) in [4.78, 5) is 4.01. The van der Waals surface area contributed by atoms with E-state index in [0.29, 0.717) is 13.2 Å². The first-order valence-electron chi connectivity index (χ1n) is 5.70. The van der Waals surface area contributed by atoms with Crippen molar-refractivity contribution < 1.29 is 9.47 Å². The van der Waals surface area contributed by atoms with Crippen LogP contribution in [0.3, 0.4) is 0 Å². The van der Waals surface area contributed by atoms with Crippen LogP contribution in [0, 0.1) is 0 Å². The number of nitrogens with two attached hydrogens (primary N) is 1. The molecule has 0 bridgehead atoms. The number of ether oxygens (including phenoxy) is 2. The Labute approximate surface area is 95.8 Å². The lowest BCUT2D eigenvalue weighted by molar-refractivity contribution is -0.160. The van der Waals surface area contributed by atoms with E-state index in [-0.39, 0.29) is 18.2 Å². The zero-order valence-corrected chi connectivity index (χ0v) is 9.50. The summed E-state index contributed by atoms with van der Waals surface area (Å²) in [5, 5.41) is 0. The van der Waals surface area contributed by atoms with E-state index < -0.39 is 0 Å². The second kappa shape index (κ2) is 5.39. The Balaban J connectivity index is 2.07. The van der Waals surface area contributed by atoms with Gasteiger partial charge in [-0.2, -0.15) is 0 Å². The van der Waals surface area contributed by atoms with Gasteiger partial charge in [0.25, 0.3) is 0 Å². The van der Waals surface area contributed by atoms with E-state index in [9.17, 15) is 0 Å². The number of nitrogens with zero attached hydrogens (tertiary/aromatic N) is 1. The maximum absolute atomic E-state index is 6.09. The van der Waals surface area contributed by atoms with Crippen molar-refractivity contribution in [2.45, 2.75) is 31.6 Å². The summed E-state index contributed by atoms with van der Waals surface area (Å²) in [5.74, 6) is 0. The van der Waals surface area contributed by atoms with E-state index >= 15 is 0 Å². The highest BCUT2D eigenvalue weighted by atomic mass is 16.6. The van der Waals surface area contributed by atoms with Gasteiger partial charge in [0.15, 0.2) is 0 Å². The van der Waals surface area contributed by atoms with Crippen LogP contribution in [0.25, 0.3) is 0 Å². The predicted octanol–water partition coefficient (Wildman–Crippen LogP) is 1.28. The number of pyridine rings is 1. The second-order valence-corrected chi connectivity index (χ2v) is 4.07. The van der Waals surface area contributed by atoms with E-state index in [1.807, 2.05) is 12.1 Å². The predicted molar refractivity (Wildman–Crippen MR) is 60.9 cm³/mol. The van der Waals surface area contributed by atoms with Gasteiger partial charge in [-0.15, -0.1) is 0 Å². The van der Waals surface area contributed by atoms with Gasteiger partial charge < -0.3 is 15.2 Å². The lowest BCUT2D eigenvalue weighted by atomic mass is 10.0. The number of rotatable bonds is 5. The van der Waals surface area contributed by atoms with Crippen LogP contribution in [0.2, 0.25) is 0 Å². The van der Waals surface area contributed by atoms with E-state index in [1.54, 1.807) is 12.4 Å².